The normalized spacial score (nSPS) is 16.7. The third-order valence-corrected chi connectivity index (χ3v) is 8.44. The lowest BCUT2D eigenvalue weighted by Gasteiger charge is -2.39. The zero-order chi connectivity index (χ0) is 26.0. The maximum Gasteiger partial charge on any atom is 0.253 e. The van der Waals surface area contributed by atoms with Crippen molar-refractivity contribution in [2.45, 2.75) is 30.7 Å². The molecule has 0 unspecified atom stereocenters. The predicted molar refractivity (Wildman–Crippen MR) is 151 cm³/mol. The van der Waals surface area contributed by atoms with E-state index in [9.17, 15) is 4.79 Å². The minimum Gasteiger partial charge on any atom is -0.357 e. The Morgan fingerprint density at radius 3 is 2.74 bits per heavy atom. The number of pyridine rings is 4. The van der Waals surface area contributed by atoms with Gasteiger partial charge < -0.3 is 15.5 Å². The molecule has 0 atom stereocenters. The lowest BCUT2D eigenvalue weighted by atomic mass is 9.78. The van der Waals surface area contributed by atoms with E-state index in [-0.39, 0.29) is 5.91 Å². The van der Waals surface area contributed by atoms with E-state index in [4.69, 9.17) is 9.97 Å². The Balaban J connectivity index is 1.17. The highest BCUT2D eigenvalue weighted by Crippen LogP contribution is 2.38. The summed E-state index contributed by atoms with van der Waals surface area (Å²) in [5.41, 5.74) is 4.28. The highest BCUT2D eigenvalue weighted by molar-refractivity contribution is 7.98. The second kappa shape index (κ2) is 10.7. The number of amides is 1. The van der Waals surface area contributed by atoms with Gasteiger partial charge in [0.15, 0.2) is 0 Å². The first-order chi connectivity index (χ1) is 18.6. The van der Waals surface area contributed by atoms with Gasteiger partial charge in [0.05, 0.1) is 34.7 Å². The first-order valence-corrected chi connectivity index (χ1v) is 14.3. The van der Waals surface area contributed by atoms with Gasteiger partial charge in [0, 0.05) is 48.5 Å². The molecule has 0 aromatic carbocycles. The zero-order valence-electron chi connectivity index (χ0n) is 21.5. The average molecular weight is 526 g/mol. The second-order valence-corrected chi connectivity index (χ2v) is 11.0. The summed E-state index contributed by atoms with van der Waals surface area (Å²) in [6.07, 6.45) is 10.8. The monoisotopic (exact) mass is 525 g/mol. The van der Waals surface area contributed by atoms with Crippen LogP contribution in [0.25, 0.3) is 22.3 Å². The van der Waals surface area contributed by atoms with Crippen molar-refractivity contribution in [1.29, 1.82) is 0 Å². The molecule has 4 aromatic heterocycles. The van der Waals surface area contributed by atoms with E-state index in [1.54, 1.807) is 30.4 Å². The molecule has 1 spiro atoms. The molecule has 8 nitrogen and oxygen atoms in total. The quantitative estimate of drug-likeness (QED) is 0.360. The number of hydrogen-bond donors (Lipinski definition) is 2. The molecule has 2 fully saturated rings. The van der Waals surface area contributed by atoms with Gasteiger partial charge in [0.1, 0.15) is 5.82 Å². The number of rotatable bonds is 6. The van der Waals surface area contributed by atoms with E-state index >= 15 is 0 Å². The number of hydrogen-bond acceptors (Lipinski definition) is 8. The summed E-state index contributed by atoms with van der Waals surface area (Å²) in [6, 6.07) is 14.0. The summed E-state index contributed by atoms with van der Waals surface area (Å²) < 4.78 is 0. The highest BCUT2D eigenvalue weighted by Gasteiger charge is 2.37. The molecule has 2 N–H and O–H groups in total. The maximum atomic E-state index is 12.6. The van der Waals surface area contributed by atoms with Crippen molar-refractivity contribution in [2.24, 2.45) is 5.41 Å². The fraction of sp³-hybridized carbons (Fsp3) is 0.345. The fourth-order valence-electron chi connectivity index (χ4n) is 5.40. The van der Waals surface area contributed by atoms with Gasteiger partial charge in [-0.2, -0.15) is 0 Å². The molecular formula is C29H31N7OS. The van der Waals surface area contributed by atoms with E-state index in [0.29, 0.717) is 17.5 Å². The van der Waals surface area contributed by atoms with Crippen LogP contribution in [0.2, 0.25) is 0 Å². The number of piperidine rings is 1. The lowest BCUT2D eigenvalue weighted by Crippen LogP contribution is -2.41. The van der Waals surface area contributed by atoms with Crippen molar-refractivity contribution in [3.05, 3.63) is 72.3 Å². The van der Waals surface area contributed by atoms with E-state index in [1.165, 1.54) is 19.3 Å². The first kappa shape index (κ1) is 24.8. The van der Waals surface area contributed by atoms with Gasteiger partial charge in [-0.3, -0.25) is 14.8 Å². The third kappa shape index (κ3) is 5.21. The number of carbonyl (C=O) groups excluding carboxylic acids is 1. The summed E-state index contributed by atoms with van der Waals surface area (Å²) in [5.74, 6) is 0.842. The van der Waals surface area contributed by atoms with Crippen LogP contribution in [0.1, 0.15) is 35.3 Å². The van der Waals surface area contributed by atoms with Gasteiger partial charge >= 0.3 is 0 Å². The van der Waals surface area contributed by atoms with Crippen molar-refractivity contribution in [2.75, 3.05) is 37.3 Å². The smallest absolute Gasteiger partial charge is 0.253 e. The standard InChI is InChI=1S/C29H31N7OS/c1-38-23-13-21(15-31-18-23)28(37)33-17-22-14-26-20(16-32-22)5-6-25(34-26)24-3-2-4-27(35-24)36-11-8-29(9-12-36)7-10-30-19-29/h2-6,13-16,18,30H,7-12,17,19H2,1H3,(H,33,37). The number of nitrogens with zero attached hydrogens (tertiary/aromatic N) is 5. The molecule has 6 rings (SSSR count). The van der Waals surface area contributed by atoms with Crippen molar-refractivity contribution in [3.8, 4) is 11.4 Å². The average Bonchev–Trinajstić information content (AvgIpc) is 3.43. The molecule has 4 aromatic rings. The number of nitrogens with one attached hydrogen (secondary N) is 2. The molecule has 0 bridgehead atoms. The molecule has 2 saturated heterocycles. The fourth-order valence-corrected chi connectivity index (χ4v) is 5.81. The topological polar surface area (TPSA) is 95.9 Å². The minimum atomic E-state index is -0.175. The number of carbonyl (C=O) groups is 1. The van der Waals surface area contributed by atoms with Gasteiger partial charge in [-0.1, -0.05) is 6.07 Å². The largest absolute Gasteiger partial charge is 0.357 e. The third-order valence-electron chi connectivity index (χ3n) is 7.75. The molecule has 0 aliphatic carbocycles. The van der Waals surface area contributed by atoms with Crippen LogP contribution in [0.4, 0.5) is 5.82 Å². The first-order valence-electron chi connectivity index (χ1n) is 13.1. The SMILES string of the molecule is CSc1cncc(C(=O)NCc2cc3nc(-c4cccc(N5CCC6(CCNC6)CC5)n4)ccc3cn2)c1. The van der Waals surface area contributed by atoms with Gasteiger partial charge in [0.2, 0.25) is 0 Å². The van der Waals surface area contributed by atoms with E-state index in [1.807, 2.05) is 36.6 Å². The Morgan fingerprint density at radius 2 is 1.92 bits per heavy atom. The van der Waals surface area contributed by atoms with Crippen molar-refractivity contribution < 1.29 is 4.79 Å². The summed E-state index contributed by atoms with van der Waals surface area (Å²) in [6.45, 7) is 4.69. The van der Waals surface area contributed by atoms with Gasteiger partial charge in [-0.25, -0.2) is 9.97 Å². The van der Waals surface area contributed by atoms with Crippen LogP contribution in [0.5, 0.6) is 0 Å². The summed E-state index contributed by atoms with van der Waals surface area (Å²) in [5, 5.41) is 7.43. The molecule has 2 aliphatic heterocycles. The van der Waals surface area contributed by atoms with Crippen molar-refractivity contribution in [1.82, 2.24) is 30.6 Å². The van der Waals surface area contributed by atoms with Crippen molar-refractivity contribution in [3.63, 3.8) is 0 Å². The maximum absolute atomic E-state index is 12.6. The lowest BCUT2D eigenvalue weighted by molar-refractivity contribution is 0.0950. The van der Waals surface area contributed by atoms with Crippen LogP contribution >= 0.6 is 11.8 Å². The molecule has 1 amide bonds. The number of fused-ring (bicyclic) bond motifs is 1. The molecular weight excluding hydrogens is 494 g/mol. The molecule has 38 heavy (non-hydrogen) atoms. The Labute approximate surface area is 226 Å². The summed E-state index contributed by atoms with van der Waals surface area (Å²) >= 11 is 1.56. The zero-order valence-corrected chi connectivity index (χ0v) is 22.3. The van der Waals surface area contributed by atoms with Crippen LogP contribution in [-0.2, 0) is 6.54 Å². The number of thioether (sulfide) groups is 1. The predicted octanol–water partition coefficient (Wildman–Crippen LogP) is 4.32. The minimum absolute atomic E-state index is 0.175. The van der Waals surface area contributed by atoms with Crippen LogP contribution in [0.15, 0.2) is 66.0 Å². The summed E-state index contributed by atoms with van der Waals surface area (Å²) in [4.78, 5) is 34.5. The van der Waals surface area contributed by atoms with E-state index in [2.05, 4.69) is 37.6 Å². The molecule has 0 radical (unpaired) electrons. The van der Waals surface area contributed by atoms with Crippen LogP contribution < -0.4 is 15.5 Å². The summed E-state index contributed by atoms with van der Waals surface area (Å²) in [7, 11) is 0. The Kier molecular flexibility index (Phi) is 6.95. The van der Waals surface area contributed by atoms with E-state index < -0.39 is 0 Å². The second-order valence-electron chi connectivity index (χ2n) is 10.2. The van der Waals surface area contributed by atoms with Gasteiger partial charge in [0.25, 0.3) is 5.91 Å². The van der Waals surface area contributed by atoms with Crippen LogP contribution in [-0.4, -0.2) is 58.3 Å². The Hall–Kier alpha value is -3.56. The molecule has 2 aliphatic rings. The number of aromatic nitrogens is 4. The van der Waals surface area contributed by atoms with Crippen LogP contribution in [0, 0.1) is 5.41 Å². The van der Waals surface area contributed by atoms with E-state index in [0.717, 1.165) is 64.9 Å². The molecule has 6 heterocycles. The van der Waals surface area contributed by atoms with Crippen LogP contribution in [0.3, 0.4) is 0 Å². The number of anilines is 1. The molecule has 0 saturated carbocycles. The van der Waals surface area contributed by atoms with Gasteiger partial charge in [-0.05, 0) is 73.9 Å². The Morgan fingerprint density at radius 1 is 1.05 bits per heavy atom. The molecule has 9 heteroatoms. The molecule has 194 valence electrons. The van der Waals surface area contributed by atoms with Crippen molar-refractivity contribution >= 4 is 34.4 Å². The highest BCUT2D eigenvalue weighted by atomic mass is 32.2. The van der Waals surface area contributed by atoms with Gasteiger partial charge in [-0.15, -0.1) is 11.8 Å². The Bertz CT molecular complexity index is 1460.